The van der Waals surface area contributed by atoms with Gasteiger partial charge in [-0.15, -0.1) is 0 Å². The van der Waals surface area contributed by atoms with Gasteiger partial charge in [0.1, 0.15) is 0 Å². The zero-order chi connectivity index (χ0) is 13.8. The number of urea groups is 1. The van der Waals surface area contributed by atoms with Gasteiger partial charge in [0.2, 0.25) is 5.91 Å². The van der Waals surface area contributed by atoms with Crippen molar-refractivity contribution in [3.8, 4) is 0 Å². The van der Waals surface area contributed by atoms with E-state index in [0.29, 0.717) is 12.5 Å². The number of hydrogen-bond donors (Lipinski definition) is 2. The largest absolute Gasteiger partial charge is 0.361 e. The van der Waals surface area contributed by atoms with Gasteiger partial charge in [-0.05, 0) is 18.6 Å². The third-order valence-corrected chi connectivity index (χ3v) is 3.23. The number of imide groups is 1. The monoisotopic (exact) mass is 261 g/mol. The number of carbonyl (C=O) groups is 2. The molecule has 0 bridgehead atoms. The molecule has 0 saturated heterocycles. The van der Waals surface area contributed by atoms with Crippen LogP contribution in [0, 0.1) is 0 Å². The molecule has 5 heteroatoms. The molecule has 0 aliphatic carbocycles. The summed E-state index contributed by atoms with van der Waals surface area (Å²) in [5.41, 5.74) is 2.34. The number of amides is 3. The minimum atomic E-state index is -0.437. The second kappa shape index (κ2) is 5.73. The first-order valence-electron chi connectivity index (χ1n) is 6.53. The summed E-state index contributed by atoms with van der Waals surface area (Å²) in [5.74, 6) is 0.128. The Bertz CT molecular complexity index is 487. The Hall–Kier alpha value is -2.04. The highest BCUT2D eigenvalue weighted by molar-refractivity contribution is 5.96. The highest BCUT2D eigenvalue weighted by Crippen LogP contribution is 2.35. The van der Waals surface area contributed by atoms with E-state index < -0.39 is 6.03 Å². The normalized spacial score (nSPS) is 16.9. The third kappa shape index (κ3) is 3.05. The van der Waals surface area contributed by atoms with Crippen LogP contribution in [0.3, 0.4) is 0 Å². The van der Waals surface area contributed by atoms with Crippen LogP contribution in [0.2, 0.25) is 0 Å². The van der Waals surface area contributed by atoms with Gasteiger partial charge in [-0.3, -0.25) is 10.1 Å². The summed E-state index contributed by atoms with van der Waals surface area (Å²) >= 11 is 0. The number of fused-ring (bicyclic) bond motifs is 1. The molecule has 1 aliphatic heterocycles. The van der Waals surface area contributed by atoms with E-state index in [2.05, 4.69) is 23.6 Å². The SMILES string of the molecule is CCNC(=O)NC(=O)CN1CC(C)c2ccccc21. The molecule has 2 N–H and O–H groups in total. The summed E-state index contributed by atoms with van der Waals surface area (Å²) < 4.78 is 0. The van der Waals surface area contributed by atoms with E-state index in [1.54, 1.807) is 0 Å². The maximum Gasteiger partial charge on any atom is 0.321 e. The average Bonchev–Trinajstić information content (AvgIpc) is 2.67. The molecule has 1 aliphatic rings. The predicted molar refractivity (Wildman–Crippen MR) is 74.3 cm³/mol. The van der Waals surface area contributed by atoms with Crippen LogP contribution in [-0.4, -0.2) is 31.6 Å². The summed E-state index contributed by atoms with van der Waals surface area (Å²) in [4.78, 5) is 25.1. The van der Waals surface area contributed by atoms with E-state index in [1.807, 2.05) is 30.0 Å². The van der Waals surface area contributed by atoms with Gasteiger partial charge in [0.05, 0.1) is 6.54 Å². The minimum Gasteiger partial charge on any atom is -0.361 e. The fourth-order valence-corrected chi connectivity index (χ4v) is 2.41. The molecule has 1 unspecified atom stereocenters. The van der Waals surface area contributed by atoms with Gasteiger partial charge in [0.15, 0.2) is 0 Å². The Morgan fingerprint density at radius 2 is 2.11 bits per heavy atom. The Balaban J connectivity index is 1.98. The summed E-state index contributed by atoms with van der Waals surface area (Å²) in [6.07, 6.45) is 0. The van der Waals surface area contributed by atoms with Crippen LogP contribution >= 0.6 is 0 Å². The fourth-order valence-electron chi connectivity index (χ4n) is 2.41. The number of carbonyl (C=O) groups excluding carboxylic acids is 2. The first-order chi connectivity index (χ1) is 9.11. The first kappa shape index (κ1) is 13.4. The van der Waals surface area contributed by atoms with E-state index in [4.69, 9.17) is 0 Å². The van der Waals surface area contributed by atoms with Crippen molar-refractivity contribution in [1.82, 2.24) is 10.6 Å². The summed E-state index contributed by atoms with van der Waals surface area (Å²) in [6, 6.07) is 7.63. The number of anilines is 1. The molecule has 1 heterocycles. The van der Waals surface area contributed by atoms with Crippen LogP contribution in [0.5, 0.6) is 0 Å². The van der Waals surface area contributed by atoms with Crippen molar-refractivity contribution in [2.45, 2.75) is 19.8 Å². The molecule has 0 saturated carbocycles. The molecule has 1 aromatic rings. The molecule has 5 nitrogen and oxygen atoms in total. The predicted octanol–water partition coefficient (Wildman–Crippen LogP) is 1.46. The van der Waals surface area contributed by atoms with Crippen LogP contribution in [0.25, 0.3) is 0 Å². The van der Waals surface area contributed by atoms with Crippen molar-refractivity contribution >= 4 is 17.6 Å². The van der Waals surface area contributed by atoms with E-state index in [0.717, 1.165) is 12.2 Å². The van der Waals surface area contributed by atoms with Gasteiger partial charge in [-0.2, -0.15) is 0 Å². The van der Waals surface area contributed by atoms with Gasteiger partial charge in [0.25, 0.3) is 0 Å². The van der Waals surface area contributed by atoms with E-state index in [9.17, 15) is 9.59 Å². The first-order valence-corrected chi connectivity index (χ1v) is 6.53. The van der Waals surface area contributed by atoms with Crippen LogP contribution in [0.15, 0.2) is 24.3 Å². The van der Waals surface area contributed by atoms with E-state index in [1.165, 1.54) is 5.56 Å². The summed E-state index contributed by atoms with van der Waals surface area (Å²) in [7, 11) is 0. The number of para-hydroxylation sites is 1. The van der Waals surface area contributed by atoms with Crippen LogP contribution in [0.1, 0.15) is 25.3 Å². The molecule has 0 radical (unpaired) electrons. The van der Waals surface area contributed by atoms with Crippen LogP contribution in [-0.2, 0) is 4.79 Å². The molecular weight excluding hydrogens is 242 g/mol. The molecule has 19 heavy (non-hydrogen) atoms. The standard InChI is InChI=1S/C14H19N3O2/c1-3-15-14(19)16-13(18)9-17-8-10(2)11-6-4-5-7-12(11)17/h4-7,10H,3,8-9H2,1-2H3,(H2,15,16,18,19). The molecule has 0 spiro atoms. The topological polar surface area (TPSA) is 61.4 Å². The lowest BCUT2D eigenvalue weighted by Gasteiger charge is -2.18. The lowest BCUT2D eigenvalue weighted by Crippen LogP contribution is -2.44. The van der Waals surface area contributed by atoms with Crippen molar-refractivity contribution in [1.29, 1.82) is 0 Å². The Labute approximate surface area is 113 Å². The Morgan fingerprint density at radius 3 is 2.84 bits per heavy atom. The van der Waals surface area contributed by atoms with E-state index in [-0.39, 0.29) is 12.5 Å². The molecule has 3 amide bonds. The van der Waals surface area contributed by atoms with Crippen molar-refractivity contribution in [3.63, 3.8) is 0 Å². The Morgan fingerprint density at radius 1 is 1.37 bits per heavy atom. The molecule has 102 valence electrons. The zero-order valence-corrected chi connectivity index (χ0v) is 11.3. The number of rotatable bonds is 3. The maximum absolute atomic E-state index is 11.8. The molecule has 1 atom stereocenters. The van der Waals surface area contributed by atoms with Gasteiger partial charge in [0, 0.05) is 24.7 Å². The van der Waals surface area contributed by atoms with Gasteiger partial charge < -0.3 is 10.2 Å². The maximum atomic E-state index is 11.8. The van der Waals surface area contributed by atoms with Gasteiger partial charge in [-0.25, -0.2) is 4.79 Å². The lowest BCUT2D eigenvalue weighted by molar-refractivity contribution is -0.118. The highest BCUT2D eigenvalue weighted by atomic mass is 16.2. The number of nitrogens with one attached hydrogen (secondary N) is 2. The summed E-state index contributed by atoms with van der Waals surface area (Å²) in [6.45, 7) is 5.46. The van der Waals surface area contributed by atoms with Crippen LogP contribution < -0.4 is 15.5 Å². The van der Waals surface area contributed by atoms with Gasteiger partial charge >= 0.3 is 6.03 Å². The smallest absolute Gasteiger partial charge is 0.321 e. The van der Waals surface area contributed by atoms with E-state index >= 15 is 0 Å². The van der Waals surface area contributed by atoms with Crippen molar-refractivity contribution in [3.05, 3.63) is 29.8 Å². The molecule has 2 rings (SSSR count). The lowest BCUT2D eigenvalue weighted by atomic mass is 10.0. The fraction of sp³-hybridized carbons (Fsp3) is 0.429. The van der Waals surface area contributed by atoms with Crippen molar-refractivity contribution in [2.75, 3.05) is 24.5 Å². The minimum absolute atomic E-state index is 0.207. The molecule has 0 fully saturated rings. The molecule has 0 aromatic heterocycles. The number of nitrogens with zero attached hydrogens (tertiary/aromatic N) is 1. The number of hydrogen-bond acceptors (Lipinski definition) is 3. The second-order valence-electron chi connectivity index (χ2n) is 4.75. The Kier molecular flexibility index (Phi) is 4.04. The second-order valence-corrected chi connectivity index (χ2v) is 4.75. The summed E-state index contributed by atoms with van der Waals surface area (Å²) in [5, 5.41) is 4.86. The van der Waals surface area contributed by atoms with Gasteiger partial charge in [-0.1, -0.05) is 25.1 Å². The highest BCUT2D eigenvalue weighted by Gasteiger charge is 2.26. The third-order valence-electron chi connectivity index (χ3n) is 3.23. The quantitative estimate of drug-likeness (QED) is 0.866. The van der Waals surface area contributed by atoms with Crippen molar-refractivity contribution < 1.29 is 9.59 Å². The molecule has 1 aromatic carbocycles. The molecular formula is C14H19N3O2. The van der Waals surface area contributed by atoms with Crippen molar-refractivity contribution in [2.24, 2.45) is 0 Å². The van der Waals surface area contributed by atoms with Crippen LogP contribution in [0.4, 0.5) is 10.5 Å². The number of benzene rings is 1. The zero-order valence-electron chi connectivity index (χ0n) is 11.3. The average molecular weight is 261 g/mol.